The highest BCUT2D eigenvalue weighted by molar-refractivity contribution is 7.89. The lowest BCUT2D eigenvalue weighted by atomic mass is 10.1. The second-order valence-corrected chi connectivity index (χ2v) is 6.96. The molecular formula is C15H22ClN3O3S. The Hall–Kier alpha value is -1.41. The number of sulfonamides is 1. The zero-order valence-corrected chi connectivity index (χ0v) is 14.4. The minimum absolute atomic E-state index is 0. The maximum absolute atomic E-state index is 12.4. The van der Waals surface area contributed by atoms with E-state index in [-0.39, 0.29) is 35.8 Å². The minimum atomic E-state index is -3.57. The first-order valence-electron chi connectivity index (χ1n) is 7.21. The molecule has 1 aliphatic rings. The van der Waals surface area contributed by atoms with E-state index in [1.54, 1.807) is 4.90 Å². The summed E-state index contributed by atoms with van der Waals surface area (Å²) in [4.78, 5) is 14.3. The highest BCUT2D eigenvalue weighted by Crippen LogP contribution is 2.20. The van der Waals surface area contributed by atoms with Crippen molar-refractivity contribution in [2.45, 2.75) is 23.8 Å². The van der Waals surface area contributed by atoms with Crippen molar-refractivity contribution < 1.29 is 13.2 Å². The molecule has 6 nitrogen and oxygen atoms in total. The number of likely N-dealkylation sites (tertiary alicyclic amines) is 1. The fraction of sp³-hybridized carbons (Fsp3) is 0.400. The number of benzene rings is 1. The largest absolute Gasteiger partial charge is 0.334 e. The molecule has 0 spiro atoms. The van der Waals surface area contributed by atoms with Gasteiger partial charge >= 0.3 is 0 Å². The average Bonchev–Trinajstić information content (AvgIpc) is 3.01. The summed E-state index contributed by atoms with van der Waals surface area (Å²) in [5.74, 6) is -0.101. The van der Waals surface area contributed by atoms with Gasteiger partial charge in [0.25, 0.3) is 5.91 Å². The van der Waals surface area contributed by atoms with Crippen molar-refractivity contribution in [2.75, 3.05) is 19.6 Å². The van der Waals surface area contributed by atoms with E-state index in [9.17, 15) is 13.2 Å². The Balaban J connectivity index is 0.00000264. The Morgan fingerprint density at radius 3 is 2.61 bits per heavy atom. The number of nitrogens with two attached hydrogens (primary N) is 1. The highest BCUT2D eigenvalue weighted by atomic mass is 35.5. The number of nitrogens with zero attached hydrogens (tertiary/aromatic N) is 1. The molecule has 1 aromatic carbocycles. The quantitative estimate of drug-likeness (QED) is 0.745. The first-order chi connectivity index (χ1) is 10.5. The van der Waals surface area contributed by atoms with Gasteiger partial charge in [-0.25, -0.2) is 13.1 Å². The fourth-order valence-corrected chi connectivity index (χ4v) is 3.54. The van der Waals surface area contributed by atoms with Crippen molar-refractivity contribution in [1.29, 1.82) is 0 Å². The van der Waals surface area contributed by atoms with Crippen molar-refractivity contribution in [2.24, 2.45) is 5.73 Å². The second-order valence-electron chi connectivity index (χ2n) is 5.20. The first kappa shape index (κ1) is 19.6. The lowest BCUT2D eigenvalue weighted by molar-refractivity contribution is 0.0741. The summed E-state index contributed by atoms with van der Waals surface area (Å²) < 4.78 is 26.3. The zero-order valence-electron chi connectivity index (χ0n) is 12.8. The Labute approximate surface area is 143 Å². The molecule has 1 fully saturated rings. The van der Waals surface area contributed by atoms with Crippen LogP contribution in [0.3, 0.4) is 0 Å². The molecule has 1 atom stereocenters. The number of carbonyl (C=O) groups is 1. The molecule has 2 rings (SSSR count). The smallest absolute Gasteiger partial charge is 0.254 e. The molecule has 0 bridgehead atoms. The van der Waals surface area contributed by atoms with Gasteiger partial charge in [-0.2, -0.15) is 0 Å². The van der Waals surface area contributed by atoms with Crippen LogP contribution in [0.1, 0.15) is 23.2 Å². The van der Waals surface area contributed by atoms with Gasteiger partial charge in [0, 0.05) is 31.2 Å². The lowest BCUT2D eigenvalue weighted by Gasteiger charge is -2.23. The predicted octanol–water partition coefficient (Wildman–Crippen LogP) is 1.14. The van der Waals surface area contributed by atoms with Crippen LogP contribution in [-0.4, -0.2) is 44.9 Å². The fourth-order valence-electron chi connectivity index (χ4n) is 2.54. The molecule has 1 aromatic rings. The molecule has 3 N–H and O–H groups in total. The summed E-state index contributed by atoms with van der Waals surface area (Å²) in [5.41, 5.74) is 6.15. The van der Waals surface area contributed by atoms with Crippen LogP contribution in [0, 0.1) is 0 Å². The molecule has 23 heavy (non-hydrogen) atoms. The first-order valence-corrected chi connectivity index (χ1v) is 8.69. The Bertz CT molecular complexity index is 646. The van der Waals surface area contributed by atoms with Gasteiger partial charge < -0.3 is 10.6 Å². The minimum Gasteiger partial charge on any atom is -0.334 e. The summed E-state index contributed by atoms with van der Waals surface area (Å²) in [7, 11) is -3.57. The van der Waals surface area contributed by atoms with Gasteiger partial charge in [-0.15, -0.1) is 19.0 Å². The standard InChI is InChI=1S/C15H21N3O3S.ClH/c1-2-9-17-22(20,21)14-7-5-12(6-8-14)15(19)18-10-3-4-13(18)11-16;/h2,5-8,13,17H,1,3-4,9-11,16H2;1H. The third-order valence-corrected chi connectivity index (χ3v) is 5.18. The SMILES string of the molecule is C=CCNS(=O)(=O)c1ccc(C(=O)N2CCCC2CN)cc1.Cl. The number of rotatable bonds is 6. The Morgan fingerprint density at radius 1 is 1.39 bits per heavy atom. The number of halogens is 1. The van der Waals surface area contributed by atoms with E-state index in [2.05, 4.69) is 11.3 Å². The highest BCUT2D eigenvalue weighted by Gasteiger charge is 2.28. The van der Waals surface area contributed by atoms with Crippen LogP contribution in [0.2, 0.25) is 0 Å². The van der Waals surface area contributed by atoms with Crippen molar-refractivity contribution in [3.05, 3.63) is 42.5 Å². The molecule has 1 aliphatic heterocycles. The van der Waals surface area contributed by atoms with Gasteiger partial charge in [0.1, 0.15) is 0 Å². The van der Waals surface area contributed by atoms with Gasteiger partial charge in [0.05, 0.1) is 4.90 Å². The summed E-state index contributed by atoms with van der Waals surface area (Å²) >= 11 is 0. The van der Waals surface area contributed by atoms with E-state index in [0.29, 0.717) is 18.7 Å². The van der Waals surface area contributed by atoms with Gasteiger partial charge in [0.15, 0.2) is 0 Å². The molecule has 0 saturated carbocycles. The van der Waals surface area contributed by atoms with Gasteiger partial charge in [0.2, 0.25) is 10.0 Å². The number of amides is 1. The average molecular weight is 360 g/mol. The molecule has 8 heteroatoms. The topological polar surface area (TPSA) is 92.5 Å². The molecule has 1 amide bonds. The van der Waals surface area contributed by atoms with E-state index < -0.39 is 10.0 Å². The van der Waals surface area contributed by atoms with E-state index >= 15 is 0 Å². The molecular weight excluding hydrogens is 338 g/mol. The summed E-state index contributed by atoms with van der Waals surface area (Å²) in [6.07, 6.45) is 3.33. The van der Waals surface area contributed by atoms with Crippen LogP contribution in [0.15, 0.2) is 41.8 Å². The third kappa shape index (κ3) is 4.54. The van der Waals surface area contributed by atoms with Gasteiger partial charge in [-0.05, 0) is 37.1 Å². The van der Waals surface area contributed by atoms with Crippen LogP contribution >= 0.6 is 12.4 Å². The second kappa shape index (κ2) is 8.44. The maximum Gasteiger partial charge on any atom is 0.254 e. The van der Waals surface area contributed by atoms with Crippen LogP contribution in [0.4, 0.5) is 0 Å². The van der Waals surface area contributed by atoms with Crippen molar-refractivity contribution in [3.8, 4) is 0 Å². The van der Waals surface area contributed by atoms with Crippen LogP contribution in [0.5, 0.6) is 0 Å². The monoisotopic (exact) mass is 359 g/mol. The number of carbonyl (C=O) groups excluding carboxylic acids is 1. The van der Waals surface area contributed by atoms with Crippen LogP contribution < -0.4 is 10.5 Å². The predicted molar refractivity (Wildman–Crippen MR) is 92.2 cm³/mol. The maximum atomic E-state index is 12.4. The van der Waals surface area contributed by atoms with Gasteiger partial charge in [-0.3, -0.25) is 4.79 Å². The Kier molecular flexibility index (Phi) is 7.21. The summed E-state index contributed by atoms with van der Waals surface area (Å²) in [5, 5.41) is 0. The summed E-state index contributed by atoms with van der Waals surface area (Å²) in [6, 6.07) is 6.02. The number of hydrogen-bond donors (Lipinski definition) is 2. The normalized spacial score (nSPS) is 17.6. The van der Waals surface area contributed by atoms with E-state index in [4.69, 9.17) is 5.73 Å². The van der Waals surface area contributed by atoms with E-state index in [0.717, 1.165) is 12.8 Å². The van der Waals surface area contributed by atoms with Crippen molar-refractivity contribution >= 4 is 28.3 Å². The lowest BCUT2D eigenvalue weighted by Crippen LogP contribution is -2.39. The van der Waals surface area contributed by atoms with E-state index in [1.165, 1.54) is 30.3 Å². The van der Waals surface area contributed by atoms with Gasteiger partial charge in [-0.1, -0.05) is 6.08 Å². The van der Waals surface area contributed by atoms with Crippen molar-refractivity contribution in [1.82, 2.24) is 9.62 Å². The number of hydrogen-bond acceptors (Lipinski definition) is 4. The molecule has 0 radical (unpaired) electrons. The zero-order chi connectivity index (χ0) is 16.2. The number of nitrogens with one attached hydrogen (secondary N) is 1. The van der Waals surface area contributed by atoms with Crippen molar-refractivity contribution in [3.63, 3.8) is 0 Å². The molecule has 0 aliphatic carbocycles. The molecule has 1 unspecified atom stereocenters. The van der Waals surface area contributed by atoms with Crippen LogP contribution in [0.25, 0.3) is 0 Å². The third-order valence-electron chi connectivity index (χ3n) is 3.74. The van der Waals surface area contributed by atoms with Crippen LogP contribution in [-0.2, 0) is 10.0 Å². The molecule has 128 valence electrons. The molecule has 1 heterocycles. The summed E-state index contributed by atoms with van der Waals surface area (Å²) in [6.45, 7) is 4.77. The molecule has 0 aromatic heterocycles. The Morgan fingerprint density at radius 2 is 2.04 bits per heavy atom. The molecule has 1 saturated heterocycles. The van der Waals surface area contributed by atoms with E-state index in [1.807, 2.05) is 0 Å².